The van der Waals surface area contributed by atoms with Crippen LogP contribution in [0.3, 0.4) is 0 Å². The molecule has 0 bridgehead atoms. The van der Waals surface area contributed by atoms with Crippen LogP contribution in [0.2, 0.25) is 0 Å². The van der Waals surface area contributed by atoms with Gasteiger partial charge in [-0.2, -0.15) is 5.10 Å². The Morgan fingerprint density at radius 3 is 2.86 bits per heavy atom. The Balaban J connectivity index is 1.79. The minimum Gasteiger partial charge on any atom is -0.383 e. The third-order valence-electron chi connectivity index (χ3n) is 4.07. The SMILES string of the molecule is COCCN1CCN(CC(=O)Nc2cc(C)nn2C)CC1C. The number of rotatable bonds is 6. The number of carbonyl (C=O) groups is 1. The molecule has 22 heavy (non-hydrogen) atoms. The highest BCUT2D eigenvalue weighted by Gasteiger charge is 2.24. The van der Waals surface area contributed by atoms with E-state index in [4.69, 9.17) is 4.74 Å². The molecular weight excluding hydrogens is 282 g/mol. The summed E-state index contributed by atoms with van der Waals surface area (Å²) in [4.78, 5) is 16.8. The average Bonchev–Trinajstić information content (AvgIpc) is 2.76. The topological polar surface area (TPSA) is 62.6 Å². The van der Waals surface area contributed by atoms with Crippen molar-refractivity contribution in [3.05, 3.63) is 11.8 Å². The van der Waals surface area contributed by atoms with Crippen molar-refractivity contribution >= 4 is 11.7 Å². The minimum absolute atomic E-state index is 0.0144. The van der Waals surface area contributed by atoms with E-state index < -0.39 is 0 Å². The molecule has 2 rings (SSSR count). The third kappa shape index (κ3) is 4.53. The largest absolute Gasteiger partial charge is 0.383 e. The quantitative estimate of drug-likeness (QED) is 0.820. The number of nitrogens with one attached hydrogen (secondary N) is 1. The second-order valence-electron chi connectivity index (χ2n) is 5.96. The van der Waals surface area contributed by atoms with E-state index in [-0.39, 0.29) is 5.91 Å². The van der Waals surface area contributed by atoms with Crippen LogP contribution in [-0.4, -0.2) is 78.0 Å². The number of hydrogen-bond donors (Lipinski definition) is 1. The molecule has 2 heterocycles. The first-order valence-electron chi connectivity index (χ1n) is 7.75. The molecule has 1 unspecified atom stereocenters. The molecule has 7 nitrogen and oxygen atoms in total. The van der Waals surface area contributed by atoms with Crippen molar-refractivity contribution in [2.75, 3.05) is 51.8 Å². The van der Waals surface area contributed by atoms with Crippen LogP contribution >= 0.6 is 0 Å². The van der Waals surface area contributed by atoms with Gasteiger partial charge in [-0.1, -0.05) is 0 Å². The van der Waals surface area contributed by atoms with Crippen LogP contribution in [0.4, 0.5) is 5.82 Å². The predicted molar refractivity (Wildman–Crippen MR) is 85.9 cm³/mol. The number of anilines is 1. The van der Waals surface area contributed by atoms with Gasteiger partial charge in [-0.3, -0.25) is 19.3 Å². The molecule has 0 aliphatic carbocycles. The molecule has 1 saturated heterocycles. The number of aromatic nitrogens is 2. The second kappa shape index (κ2) is 7.71. The lowest BCUT2D eigenvalue weighted by Crippen LogP contribution is -2.54. The van der Waals surface area contributed by atoms with Gasteiger partial charge in [0.2, 0.25) is 5.91 Å². The Labute approximate surface area is 132 Å². The molecule has 1 fully saturated rings. The van der Waals surface area contributed by atoms with Crippen molar-refractivity contribution in [1.29, 1.82) is 0 Å². The number of carbonyl (C=O) groups excluding carboxylic acids is 1. The summed E-state index contributed by atoms with van der Waals surface area (Å²) in [7, 11) is 3.56. The number of amides is 1. The Kier molecular flexibility index (Phi) is 5.93. The second-order valence-corrected chi connectivity index (χ2v) is 5.96. The average molecular weight is 309 g/mol. The molecule has 7 heteroatoms. The van der Waals surface area contributed by atoms with E-state index >= 15 is 0 Å². The van der Waals surface area contributed by atoms with Gasteiger partial charge < -0.3 is 10.1 Å². The fourth-order valence-corrected chi connectivity index (χ4v) is 2.87. The lowest BCUT2D eigenvalue weighted by Gasteiger charge is -2.39. The lowest BCUT2D eigenvalue weighted by molar-refractivity contribution is -0.118. The van der Waals surface area contributed by atoms with E-state index in [9.17, 15) is 4.79 Å². The van der Waals surface area contributed by atoms with Gasteiger partial charge >= 0.3 is 0 Å². The smallest absolute Gasteiger partial charge is 0.239 e. The normalized spacial score (nSPS) is 20.3. The first kappa shape index (κ1) is 16.9. The molecule has 124 valence electrons. The first-order chi connectivity index (χ1) is 10.5. The van der Waals surface area contributed by atoms with Gasteiger partial charge in [-0.05, 0) is 13.8 Å². The van der Waals surface area contributed by atoms with Crippen LogP contribution in [0.1, 0.15) is 12.6 Å². The van der Waals surface area contributed by atoms with Crippen LogP contribution in [0.5, 0.6) is 0 Å². The molecule has 1 aliphatic heterocycles. The Bertz CT molecular complexity index is 502. The lowest BCUT2D eigenvalue weighted by atomic mass is 10.2. The van der Waals surface area contributed by atoms with E-state index in [2.05, 4.69) is 27.1 Å². The predicted octanol–water partition coefficient (Wildman–Crippen LogP) is 0.320. The fourth-order valence-electron chi connectivity index (χ4n) is 2.87. The molecule has 1 aromatic rings. The van der Waals surface area contributed by atoms with E-state index in [1.54, 1.807) is 11.8 Å². The number of ether oxygens (including phenoxy) is 1. The van der Waals surface area contributed by atoms with Crippen molar-refractivity contribution in [3.63, 3.8) is 0 Å². The van der Waals surface area contributed by atoms with Crippen LogP contribution in [0.15, 0.2) is 6.07 Å². The van der Waals surface area contributed by atoms with Crippen LogP contribution in [0, 0.1) is 6.92 Å². The molecule has 0 aromatic carbocycles. The highest BCUT2D eigenvalue weighted by atomic mass is 16.5. The highest BCUT2D eigenvalue weighted by molar-refractivity contribution is 5.91. The van der Waals surface area contributed by atoms with E-state index in [1.807, 2.05) is 20.0 Å². The zero-order valence-corrected chi connectivity index (χ0v) is 14.0. The zero-order valence-electron chi connectivity index (χ0n) is 14.0. The molecule has 1 amide bonds. The van der Waals surface area contributed by atoms with Gasteiger partial charge in [0, 0.05) is 52.4 Å². The van der Waals surface area contributed by atoms with Gasteiger partial charge in [0.1, 0.15) is 5.82 Å². The number of methoxy groups -OCH3 is 1. The third-order valence-corrected chi connectivity index (χ3v) is 4.07. The number of nitrogens with zero attached hydrogens (tertiary/aromatic N) is 4. The maximum Gasteiger partial charge on any atom is 0.239 e. The molecule has 1 aliphatic rings. The Hall–Kier alpha value is -1.44. The molecule has 1 N–H and O–H groups in total. The summed E-state index contributed by atoms with van der Waals surface area (Å²) in [5.41, 5.74) is 0.901. The van der Waals surface area contributed by atoms with Crippen molar-refractivity contribution in [1.82, 2.24) is 19.6 Å². The van der Waals surface area contributed by atoms with Gasteiger partial charge in [0.25, 0.3) is 0 Å². The van der Waals surface area contributed by atoms with Crippen molar-refractivity contribution in [2.24, 2.45) is 7.05 Å². The van der Waals surface area contributed by atoms with E-state index in [0.29, 0.717) is 12.6 Å². The highest BCUT2D eigenvalue weighted by Crippen LogP contribution is 2.11. The Morgan fingerprint density at radius 1 is 1.50 bits per heavy atom. The number of hydrogen-bond acceptors (Lipinski definition) is 5. The zero-order chi connectivity index (χ0) is 16.1. The van der Waals surface area contributed by atoms with E-state index in [1.165, 1.54) is 0 Å². The molecule has 1 aromatic heterocycles. The maximum absolute atomic E-state index is 12.2. The molecule has 1 atom stereocenters. The van der Waals surface area contributed by atoms with Crippen LogP contribution < -0.4 is 5.32 Å². The monoisotopic (exact) mass is 309 g/mol. The summed E-state index contributed by atoms with van der Waals surface area (Å²) in [5, 5.41) is 7.16. The summed E-state index contributed by atoms with van der Waals surface area (Å²) in [6.45, 7) is 9.03. The summed E-state index contributed by atoms with van der Waals surface area (Å²) >= 11 is 0. The minimum atomic E-state index is 0.0144. The summed E-state index contributed by atoms with van der Waals surface area (Å²) in [6.07, 6.45) is 0. The van der Waals surface area contributed by atoms with Gasteiger partial charge in [-0.15, -0.1) is 0 Å². The molecule has 0 spiro atoms. The molecule has 0 saturated carbocycles. The van der Waals surface area contributed by atoms with Gasteiger partial charge in [0.05, 0.1) is 18.8 Å². The van der Waals surface area contributed by atoms with Crippen molar-refractivity contribution < 1.29 is 9.53 Å². The van der Waals surface area contributed by atoms with E-state index in [0.717, 1.165) is 44.3 Å². The molecule has 0 radical (unpaired) electrons. The van der Waals surface area contributed by atoms with Gasteiger partial charge in [-0.25, -0.2) is 0 Å². The fraction of sp³-hybridized carbons (Fsp3) is 0.733. The summed E-state index contributed by atoms with van der Waals surface area (Å²) in [5.74, 6) is 0.759. The first-order valence-corrected chi connectivity index (χ1v) is 7.75. The van der Waals surface area contributed by atoms with Gasteiger partial charge in [0.15, 0.2) is 0 Å². The van der Waals surface area contributed by atoms with Crippen molar-refractivity contribution in [3.8, 4) is 0 Å². The molecular formula is C15H27N5O2. The maximum atomic E-state index is 12.2. The number of aryl methyl sites for hydroxylation is 2. The van der Waals surface area contributed by atoms with Crippen LogP contribution in [-0.2, 0) is 16.6 Å². The van der Waals surface area contributed by atoms with Crippen molar-refractivity contribution in [2.45, 2.75) is 19.9 Å². The standard InChI is InChI=1S/C15H27N5O2/c1-12-9-14(18(3)17-12)16-15(21)11-19-5-6-20(7-8-22-4)13(2)10-19/h9,13H,5-8,10-11H2,1-4H3,(H,16,21). The number of piperazine rings is 1. The van der Waals surface area contributed by atoms with Crippen LogP contribution in [0.25, 0.3) is 0 Å². The Morgan fingerprint density at radius 2 is 2.27 bits per heavy atom. The summed E-state index contributed by atoms with van der Waals surface area (Å²) < 4.78 is 6.83. The summed E-state index contributed by atoms with van der Waals surface area (Å²) in [6, 6.07) is 2.32.